The van der Waals surface area contributed by atoms with E-state index in [1.54, 1.807) is 24.3 Å². The second-order valence-corrected chi connectivity index (χ2v) is 8.34. The van der Waals surface area contributed by atoms with E-state index in [1.165, 1.54) is 17.0 Å². The van der Waals surface area contributed by atoms with Gasteiger partial charge in [-0.05, 0) is 24.5 Å². The molecule has 2 aromatic rings. The second-order valence-electron chi connectivity index (χ2n) is 8.34. The summed E-state index contributed by atoms with van der Waals surface area (Å²) in [6.07, 6.45) is 0.469. The Hall–Kier alpha value is -3.55. The average Bonchev–Trinajstić information content (AvgIpc) is 3.49. The summed E-state index contributed by atoms with van der Waals surface area (Å²) in [5, 5.41) is 15.4. The maximum Gasteiger partial charge on any atom is 0.270 e. The molecule has 30 heavy (non-hydrogen) atoms. The smallest absolute Gasteiger partial charge is 0.270 e. The van der Waals surface area contributed by atoms with Gasteiger partial charge in [-0.15, -0.1) is 0 Å². The molecule has 3 fully saturated rings. The highest BCUT2D eigenvalue weighted by atomic mass is 16.6. The second kappa shape index (κ2) is 5.98. The fourth-order valence-corrected chi connectivity index (χ4v) is 5.97. The van der Waals surface area contributed by atoms with Crippen LogP contribution >= 0.6 is 0 Å². The summed E-state index contributed by atoms with van der Waals surface area (Å²) < 4.78 is 0. The molecule has 0 radical (unpaired) electrons. The molecule has 8 heteroatoms. The molecule has 4 aliphatic rings. The van der Waals surface area contributed by atoms with Crippen molar-refractivity contribution in [2.24, 2.45) is 34.7 Å². The number of oxime groups is 1. The zero-order chi connectivity index (χ0) is 20.6. The predicted molar refractivity (Wildman–Crippen MR) is 106 cm³/mol. The Morgan fingerprint density at radius 1 is 0.967 bits per heavy atom. The number of fused-ring (bicyclic) bond motifs is 8. The van der Waals surface area contributed by atoms with Gasteiger partial charge >= 0.3 is 0 Å². The van der Waals surface area contributed by atoms with Crippen molar-refractivity contribution in [3.05, 3.63) is 70.3 Å². The van der Waals surface area contributed by atoms with Gasteiger partial charge < -0.3 is 4.84 Å². The largest absolute Gasteiger partial charge is 0.391 e. The Kier molecular flexibility index (Phi) is 3.45. The van der Waals surface area contributed by atoms with E-state index in [0.29, 0.717) is 17.0 Å². The lowest BCUT2D eigenvalue weighted by Crippen LogP contribution is -2.41. The SMILES string of the molecule is O=C1[C@@H]2[C@H]3C[C@H]([C@@H]4ON=C(c5cccc([N+](=O)[O-])c5)[C@H]34)[C@@H]2C(=O)N1c1ccccc1. The van der Waals surface area contributed by atoms with Crippen molar-refractivity contribution in [2.45, 2.75) is 12.5 Å². The number of amides is 2. The van der Waals surface area contributed by atoms with Crippen LogP contribution in [0.1, 0.15) is 12.0 Å². The standard InChI is InChI=1S/C22H17N3O5/c26-21-16-14-10-15(17(16)22(27)24(21)12-6-2-1-3-7-12)20-18(14)19(23-30-20)11-5-4-8-13(9-11)25(28)29/h1-9,14-18,20H,10H2/t14-,15+,16-,17+,18+,20+/m1/s1. The molecule has 1 saturated heterocycles. The number of nitro groups is 1. The highest BCUT2D eigenvalue weighted by Gasteiger charge is 2.70. The van der Waals surface area contributed by atoms with Crippen molar-refractivity contribution in [1.29, 1.82) is 0 Å². The monoisotopic (exact) mass is 403 g/mol. The maximum atomic E-state index is 13.3. The number of carbonyl (C=O) groups excluding carboxylic acids is 2. The highest BCUT2D eigenvalue weighted by molar-refractivity contribution is 6.23. The van der Waals surface area contributed by atoms with Gasteiger partial charge in [-0.25, -0.2) is 0 Å². The molecule has 2 saturated carbocycles. The molecule has 8 nitrogen and oxygen atoms in total. The molecule has 2 aromatic carbocycles. The van der Waals surface area contributed by atoms with E-state index in [1.807, 2.05) is 18.2 Å². The summed E-state index contributed by atoms with van der Waals surface area (Å²) in [6, 6.07) is 15.3. The lowest BCUT2D eigenvalue weighted by Gasteiger charge is -2.29. The number of imide groups is 1. The molecule has 0 aromatic heterocycles. The minimum Gasteiger partial charge on any atom is -0.391 e. The van der Waals surface area contributed by atoms with Crippen LogP contribution in [0.5, 0.6) is 0 Å². The molecular formula is C22H17N3O5. The summed E-state index contributed by atoms with van der Waals surface area (Å²) in [6.45, 7) is 0. The quantitative estimate of drug-likeness (QED) is 0.445. The maximum absolute atomic E-state index is 13.3. The Balaban J connectivity index is 1.35. The summed E-state index contributed by atoms with van der Waals surface area (Å²) >= 11 is 0. The molecule has 0 unspecified atom stereocenters. The Bertz CT molecular complexity index is 1130. The molecule has 2 heterocycles. The van der Waals surface area contributed by atoms with E-state index in [9.17, 15) is 19.7 Å². The van der Waals surface area contributed by atoms with Gasteiger partial charge in [-0.1, -0.05) is 35.5 Å². The van der Waals surface area contributed by atoms with Gasteiger partial charge in [0.25, 0.3) is 5.69 Å². The summed E-state index contributed by atoms with van der Waals surface area (Å²) in [5.41, 5.74) is 1.87. The zero-order valence-electron chi connectivity index (χ0n) is 15.8. The van der Waals surface area contributed by atoms with Crippen LogP contribution in [0.4, 0.5) is 11.4 Å². The van der Waals surface area contributed by atoms with Gasteiger partial charge in [-0.2, -0.15) is 0 Å². The van der Waals surface area contributed by atoms with Crippen molar-refractivity contribution in [2.75, 3.05) is 4.90 Å². The number of nitrogens with zero attached hydrogens (tertiary/aromatic N) is 3. The normalized spacial score (nSPS) is 33.3. The third kappa shape index (κ3) is 2.13. The van der Waals surface area contributed by atoms with Crippen LogP contribution in [-0.4, -0.2) is 28.6 Å². The minimum atomic E-state index is -0.439. The molecule has 2 amide bonds. The van der Waals surface area contributed by atoms with Gasteiger partial charge in [0.15, 0.2) is 0 Å². The average molecular weight is 403 g/mol. The Labute approximate surface area is 171 Å². The van der Waals surface area contributed by atoms with Crippen molar-refractivity contribution >= 4 is 28.9 Å². The van der Waals surface area contributed by atoms with E-state index in [2.05, 4.69) is 5.16 Å². The van der Waals surface area contributed by atoms with Crippen LogP contribution in [-0.2, 0) is 14.4 Å². The fraction of sp³-hybridized carbons (Fsp3) is 0.318. The number of benzene rings is 2. The van der Waals surface area contributed by atoms with E-state index >= 15 is 0 Å². The lowest BCUT2D eigenvalue weighted by molar-refractivity contribution is -0.384. The van der Waals surface area contributed by atoms with Crippen LogP contribution < -0.4 is 4.90 Å². The van der Waals surface area contributed by atoms with E-state index in [-0.39, 0.29) is 47.3 Å². The van der Waals surface area contributed by atoms with Gasteiger partial charge in [-0.3, -0.25) is 24.6 Å². The number of non-ortho nitro benzene ring substituents is 1. The van der Waals surface area contributed by atoms with Crippen molar-refractivity contribution < 1.29 is 19.3 Å². The first kappa shape index (κ1) is 17.3. The number of para-hydroxylation sites is 1. The summed E-state index contributed by atoms with van der Waals surface area (Å²) in [4.78, 5) is 44.3. The molecule has 0 spiro atoms. The first-order valence-electron chi connectivity index (χ1n) is 9.97. The number of carbonyl (C=O) groups is 2. The number of rotatable bonds is 3. The third-order valence-electron chi connectivity index (χ3n) is 7.06. The molecule has 6 rings (SSSR count). The molecule has 2 aliphatic carbocycles. The van der Waals surface area contributed by atoms with Crippen LogP contribution in [0.15, 0.2) is 59.8 Å². The van der Waals surface area contributed by atoms with Gasteiger partial charge in [0.05, 0.1) is 28.2 Å². The van der Waals surface area contributed by atoms with Crippen molar-refractivity contribution in [1.82, 2.24) is 0 Å². The predicted octanol–water partition coefficient (Wildman–Crippen LogP) is 2.77. The minimum absolute atomic E-state index is 0.0120. The van der Waals surface area contributed by atoms with Crippen LogP contribution in [0.3, 0.4) is 0 Å². The first-order valence-corrected chi connectivity index (χ1v) is 9.97. The zero-order valence-corrected chi connectivity index (χ0v) is 15.8. The topological polar surface area (TPSA) is 102 Å². The van der Waals surface area contributed by atoms with Gasteiger partial charge in [0, 0.05) is 29.5 Å². The van der Waals surface area contributed by atoms with E-state index in [0.717, 1.165) is 6.42 Å². The molecule has 2 bridgehead atoms. The summed E-state index contributed by atoms with van der Waals surface area (Å²) in [5.74, 6) is -1.36. The van der Waals surface area contributed by atoms with Gasteiger partial charge in [0.2, 0.25) is 11.8 Å². The van der Waals surface area contributed by atoms with E-state index in [4.69, 9.17) is 4.84 Å². The molecule has 2 aliphatic heterocycles. The molecule has 0 N–H and O–H groups in total. The highest BCUT2D eigenvalue weighted by Crippen LogP contribution is 2.62. The lowest BCUT2D eigenvalue weighted by atomic mass is 9.71. The van der Waals surface area contributed by atoms with Gasteiger partial charge in [0.1, 0.15) is 6.10 Å². The van der Waals surface area contributed by atoms with Crippen LogP contribution in [0, 0.1) is 39.7 Å². The number of hydrogen-bond donors (Lipinski definition) is 0. The van der Waals surface area contributed by atoms with E-state index < -0.39 is 10.8 Å². The first-order chi connectivity index (χ1) is 14.6. The van der Waals surface area contributed by atoms with Crippen LogP contribution in [0.2, 0.25) is 0 Å². The van der Waals surface area contributed by atoms with Crippen LogP contribution in [0.25, 0.3) is 0 Å². The number of hydrogen-bond acceptors (Lipinski definition) is 6. The molecular weight excluding hydrogens is 386 g/mol. The number of anilines is 1. The molecule has 6 atom stereocenters. The van der Waals surface area contributed by atoms with Crippen molar-refractivity contribution in [3.63, 3.8) is 0 Å². The number of nitro benzene ring substituents is 1. The Morgan fingerprint density at radius 3 is 2.43 bits per heavy atom. The molecule has 150 valence electrons. The Morgan fingerprint density at radius 2 is 1.70 bits per heavy atom. The van der Waals surface area contributed by atoms with Crippen molar-refractivity contribution in [3.8, 4) is 0 Å². The third-order valence-corrected chi connectivity index (χ3v) is 7.06. The fourth-order valence-electron chi connectivity index (χ4n) is 5.97. The summed E-state index contributed by atoms with van der Waals surface area (Å²) in [7, 11) is 0.